The predicted molar refractivity (Wildman–Crippen MR) is 99.5 cm³/mol. The van der Waals surface area contributed by atoms with Gasteiger partial charge in [0.1, 0.15) is 6.04 Å². The number of imide groups is 2. The largest absolute Gasteiger partial charge is 0.295 e. The number of hydrogen-bond acceptors (Lipinski definition) is 4. The number of carbonyl (C=O) groups excluding carboxylic acids is 4. The van der Waals surface area contributed by atoms with E-state index in [-0.39, 0.29) is 35.7 Å². The minimum Gasteiger partial charge on any atom is -0.295 e. The topological polar surface area (TPSA) is 83.6 Å². The summed E-state index contributed by atoms with van der Waals surface area (Å²) in [6.45, 7) is 17.4. The normalized spacial score (nSPS) is 20.3. The van der Waals surface area contributed by atoms with E-state index in [0.717, 1.165) is 4.90 Å². The van der Waals surface area contributed by atoms with Crippen molar-refractivity contribution in [3.63, 3.8) is 0 Å². The van der Waals surface area contributed by atoms with Gasteiger partial charge >= 0.3 is 0 Å². The predicted octanol–water partition coefficient (Wildman–Crippen LogP) is 3.20. The fraction of sp³-hybridized carbons (Fsp3) is 0.474. The van der Waals surface area contributed by atoms with E-state index in [4.69, 9.17) is 0 Å². The molecule has 2 heterocycles. The van der Waals surface area contributed by atoms with Gasteiger partial charge in [0.05, 0.1) is 5.83 Å². The molecule has 2 fully saturated rings. The molecule has 0 aromatic carbocycles. The third-order valence-electron chi connectivity index (χ3n) is 3.06. The molecule has 2 aliphatic heterocycles. The number of piperidine rings is 1. The first-order valence-corrected chi connectivity index (χ1v) is 8.58. The van der Waals surface area contributed by atoms with Crippen LogP contribution < -0.4 is 5.32 Å². The van der Waals surface area contributed by atoms with Crippen LogP contribution >= 0.6 is 0 Å². The Labute approximate surface area is 154 Å². The second-order valence-corrected chi connectivity index (χ2v) is 4.80. The number of carbonyl (C=O) groups is 4. The van der Waals surface area contributed by atoms with E-state index in [1.807, 2.05) is 27.7 Å². The Morgan fingerprint density at radius 3 is 1.96 bits per heavy atom. The first-order valence-electron chi connectivity index (χ1n) is 8.58. The molecule has 0 aliphatic carbocycles. The Morgan fingerprint density at radius 2 is 1.62 bits per heavy atom. The van der Waals surface area contributed by atoms with Gasteiger partial charge in [-0.25, -0.2) is 4.39 Å². The zero-order valence-corrected chi connectivity index (χ0v) is 16.4. The summed E-state index contributed by atoms with van der Waals surface area (Å²) >= 11 is 0. The van der Waals surface area contributed by atoms with Crippen molar-refractivity contribution in [3.8, 4) is 0 Å². The van der Waals surface area contributed by atoms with E-state index in [9.17, 15) is 23.6 Å². The lowest BCUT2D eigenvalue weighted by Gasteiger charge is -2.27. The van der Waals surface area contributed by atoms with Crippen LogP contribution in [0.1, 0.15) is 54.4 Å². The van der Waals surface area contributed by atoms with Crippen LogP contribution in [0.25, 0.3) is 0 Å². The summed E-state index contributed by atoms with van der Waals surface area (Å²) in [6, 6.07) is -0.920. The van der Waals surface area contributed by atoms with Gasteiger partial charge in [0.15, 0.2) is 0 Å². The van der Waals surface area contributed by atoms with E-state index >= 15 is 0 Å². The van der Waals surface area contributed by atoms with Gasteiger partial charge in [0, 0.05) is 17.6 Å². The Hall–Kier alpha value is -2.57. The number of hydrogen-bond donors (Lipinski definition) is 1. The summed E-state index contributed by atoms with van der Waals surface area (Å²) in [5, 5.41) is 2.12. The molecule has 26 heavy (non-hydrogen) atoms. The van der Waals surface area contributed by atoms with E-state index in [1.165, 1.54) is 13.0 Å². The van der Waals surface area contributed by atoms with Gasteiger partial charge in [-0.1, -0.05) is 46.9 Å². The van der Waals surface area contributed by atoms with E-state index in [2.05, 4.69) is 18.5 Å². The SMILES string of the molecule is C=C(C)F.C=C1C(=O)N(C2CCC(=O)NC2=O)C(=O)/C1=C/C.CC.CC. The average Bonchev–Trinajstić information content (AvgIpc) is 2.81. The van der Waals surface area contributed by atoms with Gasteiger partial charge < -0.3 is 0 Å². The van der Waals surface area contributed by atoms with Crippen molar-refractivity contribution >= 4 is 23.6 Å². The minimum atomic E-state index is -0.920. The number of nitrogens with one attached hydrogen (secondary N) is 1. The zero-order valence-electron chi connectivity index (χ0n) is 16.4. The molecule has 1 N–H and O–H groups in total. The first-order chi connectivity index (χ1) is 12.2. The summed E-state index contributed by atoms with van der Waals surface area (Å²) in [7, 11) is 0. The lowest BCUT2D eigenvalue weighted by Crippen LogP contribution is -2.54. The maximum atomic E-state index is 12.0. The van der Waals surface area contributed by atoms with Crippen LogP contribution in [0, 0.1) is 0 Å². The molecule has 4 amide bonds. The third-order valence-corrected chi connectivity index (χ3v) is 3.06. The van der Waals surface area contributed by atoms with Crippen molar-refractivity contribution in [1.82, 2.24) is 10.2 Å². The van der Waals surface area contributed by atoms with E-state index in [0.29, 0.717) is 0 Å². The van der Waals surface area contributed by atoms with Gasteiger partial charge in [-0.05, 0) is 20.3 Å². The van der Waals surface area contributed by atoms with Gasteiger partial charge in [-0.2, -0.15) is 0 Å². The van der Waals surface area contributed by atoms with Crippen LogP contribution in [0.4, 0.5) is 4.39 Å². The van der Waals surface area contributed by atoms with Crippen LogP contribution in [-0.4, -0.2) is 34.6 Å². The van der Waals surface area contributed by atoms with Crippen LogP contribution in [0.5, 0.6) is 0 Å². The lowest BCUT2D eigenvalue weighted by molar-refractivity contribution is -0.149. The fourth-order valence-corrected chi connectivity index (χ4v) is 2.12. The molecule has 6 nitrogen and oxygen atoms in total. The molecular weight excluding hydrogens is 339 g/mol. The smallest absolute Gasteiger partial charge is 0.261 e. The Morgan fingerprint density at radius 1 is 1.15 bits per heavy atom. The molecule has 0 aromatic rings. The van der Waals surface area contributed by atoms with Crippen LogP contribution in [0.2, 0.25) is 0 Å². The molecule has 0 bridgehead atoms. The first kappa shape index (κ1) is 25.7. The zero-order chi connectivity index (χ0) is 21.0. The Kier molecular flexibility index (Phi) is 12.6. The van der Waals surface area contributed by atoms with Crippen molar-refractivity contribution in [2.45, 2.75) is 60.4 Å². The van der Waals surface area contributed by atoms with Crippen molar-refractivity contribution in [1.29, 1.82) is 0 Å². The number of nitrogens with zero attached hydrogens (tertiary/aromatic N) is 1. The maximum Gasteiger partial charge on any atom is 0.261 e. The maximum absolute atomic E-state index is 12.0. The highest BCUT2D eigenvalue weighted by Gasteiger charge is 2.45. The van der Waals surface area contributed by atoms with E-state index < -0.39 is 23.8 Å². The standard InChI is InChI=1S/C12H12N2O4.C3H5F.2C2H6/c1-3-7-6(2)11(17)14(12(7)18)8-4-5-9(15)13-10(8)16;1-3(2)4;2*1-2/h3,8H,2,4-5H2,1H3,(H,13,15,16);1H2,2H3;2*1-2H3/b7-3+;;;. The van der Waals surface area contributed by atoms with Crippen molar-refractivity contribution in [2.75, 3.05) is 0 Å². The molecule has 1 atom stereocenters. The van der Waals surface area contributed by atoms with Gasteiger partial charge in [0.2, 0.25) is 11.8 Å². The lowest BCUT2D eigenvalue weighted by atomic mass is 10.0. The molecular formula is C19H29FN2O4. The van der Waals surface area contributed by atoms with Crippen LogP contribution in [-0.2, 0) is 19.2 Å². The summed E-state index contributed by atoms with van der Waals surface area (Å²) in [5.41, 5.74) is 0.303. The van der Waals surface area contributed by atoms with E-state index in [1.54, 1.807) is 6.92 Å². The number of amides is 4. The number of allylic oxidation sites excluding steroid dienone is 2. The van der Waals surface area contributed by atoms with Crippen LogP contribution in [0.15, 0.2) is 36.2 Å². The summed E-state index contributed by atoms with van der Waals surface area (Å²) in [6.07, 6.45) is 1.77. The molecule has 0 aromatic heterocycles. The molecule has 0 spiro atoms. The number of halogens is 1. The molecule has 2 saturated heterocycles. The van der Waals surface area contributed by atoms with Gasteiger partial charge in [0.25, 0.3) is 11.8 Å². The Balaban J connectivity index is 0. The monoisotopic (exact) mass is 368 g/mol. The van der Waals surface area contributed by atoms with Gasteiger partial charge in [-0.3, -0.25) is 29.4 Å². The second-order valence-electron chi connectivity index (χ2n) is 4.80. The molecule has 146 valence electrons. The summed E-state index contributed by atoms with van der Waals surface area (Å²) in [4.78, 5) is 47.5. The van der Waals surface area contributed by atoms with Gasteiger partial charge in [-0.15, -0.1) is 0 Å². The van der Waals surface area contributed by atoms with Crippen molar-refractivity contribution in [2.24, 2.45) is 0 Å². The van der Waals surface area contributed by atoms with Crippen LogP contribution in [0.3, 0.4) is 0 Å². The number of rotatable bonds is 1. The average molecular weight is 368 g/mol. The van der Waals surface area contributed by atoms with Crippen molar-refractivity contribution in [3.05, 3.63) is 36.2 Å². The summed E-state index contributed by atoms with van der Waals surface area (Å²) < 4.78 is 10.8. The molecule has 7 heteroatoms. The highest BCUT2D eigenvalue weighted by Crippen LogP contribution is 2.27. The summed E-state index contributed by atoms with van der Waals surface area (Å²) in [5.74, 6) is -2.43. The quantitative estimate of drug-likeness (QED) is 0.569. The molecule has 1 unspecified atom stereocenters. The molecule has 0 radical (unpaired) electrons. The fourth-order valence-electron chi connectivity index (χ4n) is 2.12. The second kappa shape index (κ2) is 12.7. The minimum absolute atomic E-state index is 0.0900. The molecule has 2 aliphatic rings. The highest BCUT2D eigenvalue weighted by molar-refractivity contribution is 6.25. The third kappa shape index (κ3) is 6.74. The molecule has 2 rings (SSSR count). The Bertz CT molecular complexity index is 605. The molecule has 0 saturated carbocycles. The highest BCUT2D eigenvalue weighted by atomic mass is 19.1. The number of likely N-dealkylation sites (tertiary alicyclic amines) is 1. The van der Waals surface area contributed by atoms with Crippen molar-refractivity contribution < 1.29 is 23.6 Å².